The number of nitrogens with zero attached hydrogens (tertiary/aromatic N) is 5. The van der Waals surface area contributed by atoms with Crippen LogP contribution in [0.5, 0.6) is 0 Å². The van der Waals surface area contributed by atoms with Gasteiger partial charge in [-0.3, -0.25) is 10.1 Å². The van der Waals surface area contributed by atoms with Gasteiger partial charge in [-0.15, -0.1) is 0 Å². The molecule has 0 radical (unpaired) electrons. The van der Waals surface area contributed by atoms with Gasteiger partial charge in [-0.2, -0.15) is 5.10 Å². The van der Waals surface area contributed by atoms with Crippen molar-refractivity contribution in [2.75, 3.05) is 5.32 Å². The summed E-state index contributed by atoms with van der Waals surface area (Å²) < 4.78 is 2.00. The molecule has 0 aromatic carbocycles. The fourth-order valence-electron chi connectivity index (χ4n) is 4.57. The van der Waals surface area contributed by atoms with Crippen LogP contribution in [0.3, 0.4) is 0 Å². The van der Waals surface area contributed by atoms with Crippen LogP contribution in [0, 0.1) is 19.8 Å². The number of fused-ring (bicyclic) bond motifs is 1. The Hall–Kier alpha value is -4.72. The molecule has 5 rings (SSSR count). The summed E-state index contributed by atoms with van der Waals surface area (Å²) in [4.78, 5) is 17.3. The zero-order valence-electron chi connectivity index (χ0n) is 22.2. The number of hydrogen-bond donors (Lipinski definition) is 3. The second-order valence-electron chi connectivity index (χ2n) is 9.89. The first-order valence-electron chi connectivity index (χ1n) is 12.6. The normalized spacial score (nSPS) is 11.9. The summed E-state index contributed by atoms with van der Waals surface area (Å²) in [6.45, 7) is 16.4. The summed E-state index contributed by atoms with van der Waals surface area (Å²) in [5, 5.41) is 11.1. The van der Waals surface area contributed by atoms with Crippen LogP contribution in [0.1, 0.15) is 37.2 Å². The summed E-state index contributed by atoms with van der Waals surface area (Å²) in [5.41, 5.74) is 10.8. The van der Waals surface area contributed by atoms with Crippen LogP contribution in [0.25, 0.3) is 39.4 Å². The van der Waals surface area contributed by atoms with Crippen molar-refractivity contribution in [3.8, 4) is 22.6 Å². The van der Waals surface area contributed by atoms with Crippen LogP contribution in [-0.4, -0.2) is 34.7 Å². The Bertz CT molecular complexity index is 1660. The molecular weight excluding hydrogens is 472 g/mol. The fraction of sp³-hybridized carbons (Fsp3) is 0.200. The van der Waals surface area contributed by atoms with Crippen molar-refractivity contribution in [2.45, 2.75) is 34.1 Å². The minimum atomic E-state index is 0.527. The number of aromatic nitrogens is 7. The van der Waals surface area contributed by atoms with E-state index in [2.05, 4.69) is 63.5 Å². The van der Waals surface area contributed by atoms with E-state index in [1.165, 1.54) is 0 Å². The van der Waals surface area contributed by atoms with Gasteiger partial charge in [0.25, 0.3) is 0 Å². The molecule has 0 aliphatic carbocycles. The quantitative estimate of drug-likeness (QED) is 0.190. The third kappa shape index (κ3) is 5.06. The Labute approximate surface area is 222 Å². The number of pyridine rings is 2. The molecule has 0 fully saturated rings. The third-order valence-corrected chi connectivity index (χ3v) is 6.23. The monoisotopic (exact) mass is 504 g/mol. The maximum absolute atomic E-state index is 4.98. The summed E-state index contributed by atoms with van der Waals surface area (Å²) in [7, 11) is 0. The van der Waals surface area contributed by atoms with Gasteiger partial charge in [-0.05, 0) is 56.5 Å². The zero-order chi connectivity index (χ0) is 26.8. The zero-order valence-corrected chi connectivity index (χ0v) is 22.2. The molecule has 0 saturated carbocycles. The Morgan fingerprint density at radius 2 is 2.03 bits per heavy atom. The average Bonchev–Trinajstić information content (AvgIpc) is 3.60. The number of aromatic amines is 2. The molecule has 0 amide bonds. The highest BCUT2D eigenvalue weighted by Gasteiger charge is 2.17. The van der Waals surface area contributed by atoms with E-state index >= 15 is 0 Å². The summed E-state index contributed by atoms with van der Waals surface area (Å²) in [5.74, 6) is 0.527. The topological polar surface area (TPSA) is 100 Å². The molecular formula is C30H32N8. The van der Waals surface area contributed by atoms with Crippen molar-refractivity contribution in [2.24, 2.45) is 5.92 Å². The molecule has 0 aliphatic rings. The lowest BCUT2D eigenvalue weighted by Gasteiger charge is -2.12. The number of rotatable bonds is 9. The van der Waals surface area contributed by atoms with Crippen LogP contribution in [0.4, 0.5) is 5.69 Å². The Balaban J connectivity index is 1.50. The van der Waals surface area contributed by atoms with E-state index in [9.17, 15) is 0 Å². The van der Waals surface area contributed by atoms with Gasteiger partial charge in [-0.25, -0.2) is 9.97 Å². The maximum Gasteiger partial charge on any atom is 0.135 e. The first-order valence-corrected chi connectivity index (χ1v) is 12.6. The molecule has 38 heavy (non-hydrogen) atoms. The first kappa shape index (κ1) is 25.0. The highest BCUT2D eigenvalue weighted by atomic mass is 15.1. The number of H-pyrrole nitrogens is 2. The highest BCUT2D eigenvalue weighted by molar-refractivity contribution is 5.91. The molecule has 3 N–H and O–H groups in total. The molecule has 8 heteroatoms. The van der Waals surface area contributed by atoms with Gasteiger partial charge in [0, 0.05) is 34.9 Å². The fourth-order valence-corrected chi connectivity index (χ4v) is 4.57. The number of imidazole rings is 1. The number of allylic oxidation sites excluding steroid dienone is 3. The van der Waals surface area contributed by atoms with Crippen LogP contribution in [0.2, 0.25) is 0 Å². The lowest BCUT2D eigenvalue weighted by molar-refractivity contribution is 0.645. The summed E-state index contributed by atoms with van der Waals surface area (Å²) in [6.07, 6.45) is 12.1. The van der Waals surface area contributed by atoms with Crippen molar-refractivity contribution < 1.29 is 0 Å². The second kappa shape index (κ2) is 10.3. The Kier molecular flexibility index (Phi) is 6.79. The van der Waals surface area contributed by atoms with Crippen molar-refractivity contribution in [1.82, 2.24) is 34.7 Å². The molecule has 5 heterocycles. The Morgan fingerprint density at radius 1 is 1.18 bits per heavy atom. The number of aryl methyl sites for hydroxylation is 2. The average molecular weight is 505 g/mol. The maximum atomic E-state index is 4.98. The van der Waals surface area contributed by atoms with Crippen LogP contribution in [0.15, 0.2) is 80.2 Å². The van der Waals surface area contributed by atoms with E-state index < -0.39 is 0 Å². The molecule has 192 valence electrons. The molecule has 0 saturated heterocycles. The first-order chi connectivity index (χ1) is 18.3. The van der Waals surface area contributed by atoms with Gasteiger partial charge in [0.15, 0.2) is 0 Å². The van der Waals surface area contributed by atoms with Gasteiger partial charge in [-0.1, -0.05) is 33.1 Å². The van der Waals surface area contributed by atoms with Crippen LogP contribution >= 0.6 is 0 Å². The molecule has 5 aromatic rings. The molecule has 5 aromatic heterocycles. The van der Waals surface area contributed by atoms with Crippen molar-refractivity contribution in [1.29, 1.82) is 0 Å². The predicted molar refractivity (Wildman–Crippen MR) is 154 cm³/mol. The SMILES string of the molecule is C=C/C=C(\c1cc(-c2n[nH]c3ccc(-c4cncc(NC(=C)CC(C)C)c4)nc23)[nH]c1C)n1cnc(C)c1. The van der Waals surface area contributed by atoms with Gasteiger partial charge < -0.3 is 14.9 Å². The van der Waals surface area contributed by atoms with E-state index in [-0.39, 0.29) is 0 Å². The number of hydrogen-bond acceptors (Lipinski definition) is 5. The highest BCUT2D eigenvalue weighted by Crippen LogP contribution is 2.31. The third-order valence-electron chi connectivity index (χ3n) is 6.23. The second-order valence-corrected chi connectivity index (χ2v) is 9.89. The summed E-state index contributed by atoms with van der Waals surface area (Å²) >= 11 is 0. The van der Waals surface area contributed by atoms with Crippen LogP contribution < -0.4 is 5.32 Å². The Morgan fingerprint density at radius 3 is 2.76 bits per heavy atom. The van der Waals surface area contributed by atoms with E-state index in [0.717, 1.165) is 74.1 Å². The smallest absolute Gasteiger partial charge is 0.135 e. The van der Waals surface area contributed by atoms with E-state index in [1.807, 2.05) is 61.4 Å². The summed E-state index contributed by atoms with van der Waals surface area (Å²) in [6, 6.07) is 8.12. The van der Waals surface area contributed by atoms with Crippen molar-refractivity contribution in [3.63, 3.8) is 0 Å². The molecule has 0 bridgehead atoms. The van der Waals surface area contributed by atoms with E-state index in [1.54, 1.807) is 12.3 Å². The molecule has 0 aliphatic heterocycles. The molecule has 8 nitrogen and oxygen atoms in total. The van der Waals surface area contributed by atoms with Gasteiger partial charge in [0.05, 0.1) is 46.5 Å². The van der Waals surface area contributed by atoms with Crippen LogP contribution in [-0.2, 0) is 0 Å². The minimum Gasteiger partial charge on any atom is -0.358 e. The van der Waals surface area contributed by atoms with Gasteiger partial charge in [0.1, 0.15) is 11.2 Å². The van der Waals surface area contributed by atoms with E-state index in [0.29, 0.717) is 5.92 Å². The molecule has 0 atom stereocenters. The van der Waals surface area contributed by atoms with Crippen molar-refractivity contribution >= 4 is 22.4 Å². The minimum absolute atomic E-state index is 0.527. The van der Waals surface area contributed by atoms with Crippen molar-refractivity contribution in [3.05, 3.63) is 97.1 Å². The molecule has 0 unspecified atom stereocenters. The number of nitrogens with one attached hydrogen (secondary N) is 3. The van der Waals surface area contributed by atoms with E-state index in [4.69, 9.17) is 4.98 Å². The predicted octanol–water partition coefficient (Wildman–Crippen LogP) is 6.88. The van der Waals surface area contributed by atoms with Gasteiger partial charge in [0.2, 0.25) is 0 Å². The number of anilines is 1. The lowest BCUT2D eigenvalue weighted by atomic mass is 10.1. The standard InChI is InChI=1S/C30H32N8/c1-7-8-28(38-16-20(5)32-17-38)24-13-27(34-21(24)6)30-29-26(36-37-30)10-9-25(35-29)22-12-23(15-31-14-22)33-19(4)11-18(2)3/h7-10,12-18,33-34H,1,4,11H2,2-3,5-6H3,(H,36,37)/b28-8+. The van der Waals surface area contributed by atoms with Gasteiger partial charge >= 0.3 is 0 Å². The molecule has 0 spiro atoms. The lowest BCUT2D eigenvalue weighted by Crippen LogP contribution is -2.02. The largest absolute Gasteiger partial charge is 0.358 e.